The van der Waals surface area contributed by atoms with Gasteiger partial charge in [0.2, 0.25) is 5.75 Å². The molecule has 0 atom stereocenters. The Morgan fingerprint density at radius 3 is 2.14 bits per heavy atom. The minimum absolute atomic E-state index is 0.0600. The second-order valence-electron chi connectivity index (χ2n) is 11.3. The van der Waals surface area contributed by atoms with Crippen molar-refractivity contribution < 1.29 is 36.9 Å². The molecule has 1 saturated heterocycles. The average molecular weight is 691 g/mol. The van der Waals surface area contributed by atoms with Crippen LogP contribution in [0.5, 0.6) is 28.7 Å². The number of benzene rings is 4. The monoisotopic (exact) mass is 690 g/mol. The van der Waals surface area contributed by atoms with Crippen LogP contribution in [0.4, 0.5) is 11.4 Å². The number of nitrogens with zero attached hydrogens (tertiary/aromatic N) is 2. The van der Waals surface area contributed by atoms with E-state index in [1.54, 1.807) is 69.7 Å². The molecular formula is C36H42N4O8S. The SMILES string of the molecule is COc1cccc(NS(=O)(=O)c2cc(C(=O)N3CCN(Cc4ccc(OC)c(OC)c4OC)CC3)ccc2NCc2ccccc2OC)c1. The molecule has 1 aliphatic heterocycles. The van der Waals surface area contributed by atoms with E-state index in [2.05, 4.69) is 14.9 Å². The van der Waals surface area contributed by atoms with E-state index in [-0.39, 0.29) is 16.4 Å². The minimum atomic E-state index is -4.15. The van der Waals surface area contributed by atoms with E-state index in [0.717, 1.165) is 11.1 Å². The number of methoxy groups -OCH3 is 5. The molecule has 0 unspecified atom stereocenters. The Morgan fingerprint density at radius 2 is 1.45 bits per heavy atom. The quantitative estimate of drug-likeness (QED) is 0.185. The Balaban J connectivity index is 1.35. The van der Waals surface area contributed by atoms with Gasteiger partial charge < -0.3 is 33.9 Å². The molecule has 49 heavy (non-hydrogen) atoms. The van der Waals surface area contributed by atoms with Crippen LogP contribution in [0.3, 0.4) is 0 Å². The predicted molar refractivity (Wildman–Crippen MR) is 188 cm³/mol. The fourth-order valence-corrected chi connectivity index (χ4v) is 7.04. The first-order valence-electron chi connectivity index (χ1n) is 15.7. The van der Waals surface area contributed by atoms with Gasteiger partial charge in [0.15, 0.2) is 11.5 Å². The highest BCUT2D eigenvalue weighted by Gasteiger charge is 2.27. The molecule has 1 fully saturated rings. The number of hydrogen-bond donors (Lipinski definition) is 2. The summed E-state index contributed by atoms with van der Waals surface area (Å²) >= 11 is 0. The Morgan fingerprint density at radius 1 is 0.714 bits per heavy atom. The van der Waals surface area contributed by atoms with Crippen LogP contribution in [0.15, 0.2) is 83.8 Å². The Kier molecular flexibility index (Phi) is 11.4. The molecule has 4 aromatic rings. The minimum Gasteiger partial charge on any atom is -0.497 e. The molecular weight excluding hydrogens is 648 g/mol. The maximum absolute atomic E-state index is 13.9. The molecule has 0 aliphatic carbocycles. The van der Waals surface area contributed by atoms with Gasteiger partial charge in [-0.3, -0.25) is 14.4 Å². The molecule has 13 heteroatoms. The van der Waals surface area contributed by atoms with Crippen molar-refractivity contribution in [2.75, 3.05) is 71.8 Å². The molecule has 2 N–H and O–H groups in total. The van der Waals surface area contributed by atoms with Gasteiger partial charge in [-0.15, -0.1) is 0 Å². The van der Waals surface area contributed by atoms with Crippen LogP contribution in [0.1, 0.15) is 21.5 Å². The van der Waals surface area contributed by atoms with Crippen LogP contribution in [0.2, 0.25) is 0 Å². The van der Waals surface area contributed by atoms with Gasteiger partial charge in [-0.2, -0.15) is 0 Å². The molecule has 0 spiro atoms. The van der Waals surface area contributed by atoms with Gasteiger partial charge in [-0.1, -0.05) is 30.3 Å². The standard InChI is InChI=1S/C36H42N4O8S/c1-44-29-11-8-10-28(22-29)38-49(42,43)33-21-25(13-15-30(33)37-23-26-9-6-7-12-31(26)45-2)36(41)40-19-17-39(18-20-40)24-27-14-16-32(46-3)35(48-5)34(27)47-4/h6-16,21-22,37-38H,17-20,23-24H2,1-5H3. The number of hydrogen-bond acceptors (Lipinski definition) is 10. The Labute approximate surface area is 287 Å². The topological polar surface area (TPSA) is 128 Å². The summed E-state index contributed by atoms with van der Waals surface area (Å²) in [5, 5.41) is 3.24. The lowest BCUT2D eigenvalue weighted by Gasteiger charge is -2.35. The van der Waals surface area contributed by atoms with Gasteiger partial charge in [0.25, 0.3) is 15.9 Å². The third kappa shape index (κ3) is 8.12. The van der Waals surface area contributed by atoms with Crippen molar-refractivity contribution >= 4 is 27.3 Å². The first-order chi connectivity index (χ1) is 23.7. The lowest BCUT2D eigenvalue weighted by Crippen LogP contribution is -2.48. The number of nitrogens with one attached hydrogen (secondary N) is 2. The summed E-state index contributed by atoms with van der Waals surface area (Å²) in [7, 11) is 3.69. The molecule has 5 rings (SSSR count). The first-order valence-corrected chi connectivity index (χ1v) is 17.2. The number of rotatable bonds is 14. The third-order valence-corrected chi connectivity index (χ3v) is 9.76. The van der Waals surface area contributed by atoms with Gasteiger partial charge >= 0.3 is 0 Å². The van der Waals surface area contributed by atoms with Crippen LogP contribution in [-0.4, -0.2) is 85.9 Å². The zero-order valence-electron chi connectivity index (χ0n) is 28.3. The summed E-state index contributed by atoms with van der Waals surface area (Å²) in [5.41, 5.74) is 2.72. The highest BCUT2D eigenvalue weighted by molar-refractivity contribution is 7.92. The smallest absolute Gasteiger partial charge is 0.263 e. The van der Waals surface area contributed by atoms with Crippen molar-refractivity contribution in [3.63, 3.8) is 0 Å². The van der Waals surface area contributed by atoms with E-state index in [9.17, 15) is 13.2 Å². The summed E-state index contributed by atoms with van der Waals surface area (Å²) in [6.45, 7) is 3.05. The van der Waals surface area contributed by atoms with Crippen molar-refractivity contribution in [3.8, 4) is 28.7 Å². The number of sulfonamides is 1. The van der Waals surface area contributed by atoms with Gasteiger partial charge in [0.05, 0.1) is 46.9 Å². The summed E-state index contributed by atoms with van der Waals surface area (Å²) in [5.74, 6) is 2.64. The van der Waals surface area contributed by atoms with Crippen LogP contribution in [0, 0.1) is 0 Å². The van der Waals surface area contributed by atoms with Gasteiger partial charge in [-0.05, 0) is 42.5 Å². The first kappa shape index (κ1) is 35.2. The maximum atomic E-state index is 13.9. The van der Waals surface area contributed by atoms with Crippen molar-refractivity contribution in [2.24, 2.45) is 0 Å². The van der Waals surface area contributed by atoms with E-state index >= 15 is 0 Å². The lowest BCUT2D eigenvalue weighted by atomic mass is 10.1. The predicted octanol–water partition coefficient (Wildman–Crippen LogP) is 5.10. The number of piperazine rings is 1. The van der Waals surface area contributed by atoms with Crippen molar-refractivity contribution in [1.29, 1.82) is 0 Å². The summed E-state index contributed by atoms with van der Waals surface area (Å²) in [6, 6.07) is 22.6. The summed E-state index contributed by atoms with van der Waals surface area (Å²) in [4.78, 5) is 17.7. The van der Waals surface area contributed by atoms with Crippen molar-refractivity contribution in [3.05, 3.63) is 95.6 Å². The fraction of sp³-hybridized carbons (Fsp3) is 0.306. The highest BCUT2D eigenvalue weighted by atomic mass is 32.2. The van der Waals surface area contributed by atoms with Crippen LogP contribution < -0.4 is 33.7 Å². The Bertz CT molecular complexity index is 1880. The Hall–Kier alpha value is -5.14. The number of amides is 1. The summed E-state index contributed by atoms with van der Waals surface area (Å²) < 4.78 is 57.7. The van der Waals surface area contributed by atoms with Gasteiger partial charge in [-0.25, -0.2) is 8.42 Å². The van der Waals surface area contributed by atoms with Crippen molar-refractivity contribution in [1.82, 2.24) is 9.80 Å². The van der Waals surface area contributed by atoms with E-state index < -0.39 is 10.0 Å². The van der Waals surface area contributed by atoms with E-state index in [1.807, 2.05) is 36.4 Å². The molecule has 1 amide bonds. The normalized spacial score (nSPS) is 13.4. The van der Waals surface area contributed by atoms with Gasteiger partial charge in [0, 0.05) is 62.0 Å². The third-order valence-electron chi connectivity index (χ3n) is 8.34. The molecule has 0 saturated carbocycles. The number of anilines is 2. The zero-order chi connectivity index (χ0) is 35.0. The molecule has 0 aromatic heterocycles. The second kappa shape index (κ2) is 15.8. The largest absolute Gasteiger partial charge is 0.497 e. The van der Waals surface area contributed by atoms with E-state index in [4.69, 9.17) is 23.7 Å². The van der Waals surface area contributed by atoms with Crippen LogP contribution in [-0.2, 0) is 23.1 Å². The summed E-state index contributed by atoms with van der Waals surface area (Å²) in [6.07, 6.45) is 0. The molecule has 0 bridgehead atoms. The van der Waals surface area contributed by atoms with E-state index in [0.29, 0.717) is 79.4 Å². The average Bonchev–Trinajstić information content (AvgIpc) is 3.13. The van der Waals surface area contributed by atoms with Gasteiger partial charge in [0.1, 0.15) is 16.4 Å². The molecule has 260 valence electrons. The fourth-order valence-electron chi connectivity index (χ4n) is 5.78. The number of ether oxygens (including phenoxy) is 5. The van der Waals surface area contributed by atoms with Crippen LogP contribution >= 0.6 is 0 Å². The highest BCUT2D eigenvalue weighted by Crippen LogP contribution is 2.40. The zero-order valence-corrected chi connectivity index (χ0v) is 29.1. The second-order valence-corrected chi connectivity index (χ2v) is 12.9. The molecule has 0 radical (unpaired) electrons. The lowest BCUT2D eigenvalue weighted by molar-refractivity contribution is 0.0627. The molecule has 4 aromatic carbocycles. The number of carbonyl (C=O) groups is 1. The maximum Gasteiger partial charge on any atom is 0.263 e. The molecule has 1 heterocycles. The number of carbonyl (C=O) groups excluding carboxylic acids is 1. The molecule has 1 aliphatic rings. The number of para-hydroxylation sites is 1. The van der Waals surface area contributed by atoms with Crippen LogP contribution in [0.25, 0.3) is 0 Å². The molecule has 12 nitrogen and oxygen atoms in total. The van der Waals surface area contributed by atoms with E-state index in [1.165, 1.54) is 13.2 Å². The van der Waals surface area contributed by atoms with Crippen molar-refractivity contribution in [2.45, 2.75) is 18.0 Å².